The Labute approximate surface area is 103 Å². The van der Waals surface area contributed by atoms with Crippen LogP contribution < -0.4 is 5.32 Å². The van der Waals surface area contributed by atoms with Gasteiger partial charge in [0, 0.05) is 25.2 Å². The van der Waals surface area contributed by atoms with E-state index in [9.17, 15) is 0 Å². The van der Waals surface area contributed by atoms with E-state index >= 15 is 0 Å². The van der Waals surface area contributed by atoms with Gasteiger partial charge in [0.05, 0.1) is 0 Å². The van der Waals surface area contributed by atoms with Crippen molar-refractivity contribution in [1.82, 2.24) is 10.2 Å². The summed E-state index contributed by atoms with van der Waals surface area (Å²) in [5.41, 5.74) is 0. The van der Waals surface area contributed by atoms with E-state index in [4.69, 9.17) is 0 Å². The zero-order valence-corrected chi connectivity index (χ0v) is 12.2. The second kappa shape index (κ2) is 9.00. The Bertz CT molecular complexity index is 153. The summed E-state index contributed by atoms with van der Waals surface area (Å²) < 4.78 is 0. The summed E-state index contributed by atoms with van der Waals surface area (Å²) in [5.74, 6) is 0.862. The Balaban J connectivity index is 4.04. The highest BCUT2D eigenvalue weighted by Gasteiger charge is 2.15. The minimum absolute atomic E-state index is 0.592. The fraction of sp³-hybridized carbons (Fsp3) is 1.00. The Morgan fingerprint density at radius 2 is 1.56 bits per heavy atom. The molecule has 2 heteroatoms. The lowest BCUT2D eigenvalue weighted by atomic mass is 10.0. The average molecular weight is 228 g/mol. The van der Waals surface area contributed by atoms with Gasteiger partial charge in [-0.25, -0.2) is 0 Å². The van der Waals surface area contributed by atoms with Crippen molar-refractivity contribution in [1.29, 1.82) is 0 Å². The van der Waals surface area contributed by atoms with Crippen LogP contribution in [0.2, 0.25) is 0 Å². The molecule has 0 heterocycles. The van der Waals surface area contributed by atoms with Crippen LogP contribution in [-0.2, 0) is 0 Å². The van der Waals surface area contributed by atoms with Crippen LogP contribution in [0.1, 0.15) is 54.4 Å². The van der Waals surface area contributed by atoms with Crippen molar-refractivity contribution in [2.45, 2.75) is 66.5 Å². The standard InChI is InChI=1S/C14H32N2/c1-7-14(8-2)11-16(9-3)13(6)10-15-12(4)5/h12-15H,7-11H2,1-6H3. The van der Waals surface area contributed by atoms with Crippen molar-refractivity contribution in [3.8, 4) is 0 Å². The fourth-order valence-electron chi connectivity index (χ4n) is 2.03. The zero-order valence-electron chi connectivity index (χ0n) is 12.2. The second-order valence-electron chi connectivity index (χ2n) is 5.18. The lowest BCUT2D eigenvalue weighted by Gasteiger charge is -2.31. The molecule has 0 aromatic rings. The predicted octanol–water partition coefficient (Wildman–Crippen LogP) is 3.13. The Morgan fingerprint density at radius 1 is 1.00 bits per heavy atom. The summed E-state index contributed by atoms with van der Waals surface area (Å²) in [4.78, 5) is 2.60. The van der Waals surface area contributed by atoms with Crippen LogP contribution in [0.25, 0.3) is 0 Å². The maximum absolute atomic E-state index is 3.53. The van der Waals surface area contributed by atoms with Crippen LogP contribution >= 0.6 is 0 Å². The molecule has 0 aliphatic carbocycles. The molecular formula is C14H32N2. The van der Waals surface area contributed by atoms with Gasteiger partial charge >= 0.3 is 0 Å². The summed E-state index contributed by atoms with van der Waals surface area (Å²) in [6.07, 6.45) is 2.61. The molecule has 1 unspecified atom stereocenters. The molecule has 0 aromatic heterocycles. The first-order chi connectivity index (χ1) is 7.54. The van der Waals surface area contributed by atoms with Gasteiger partial charge in [-0.05, 0) is 19.4 Å². The maximum atomic E-state index is 3.53. The van der Waals surface area contributed by atoms with Crippen LogP contribution in [0.4, 0.5) is 0 Å². The molecular weight excluding hydrogens is 196 g/mol. The quantitative estimate of drug-likeness (QED) is 0.652. The first-order valence-electron chi connectivity index (χ1n) is 7.02. The first kappa shape index (κ1) is 15.9. The highest BCUT2D eigenvalue weighted by molar-refractivity contribution is 4.72. The van der Waals surface area contributed by atoms with Gasteiger partial charge < -0.3 is 5.32 Å². The summed E-state index contributed by atoms with van der Waals surface area (Å²) in [5, 5.41) is 3.53. The number of likely N-dealkylation sites (N-methyl/N-ethyl adjacent to an activating group) is 1. The van der Waals surface area contributed by atoms with Gasteiger partial charge in [0.2, 0.25) is 0 Å². The van der Waals surface area contributed by atoms with Crippen LogP contribution in [0.5, 0.6) is 0 Å². The molecule has 0 aliphatic heterocycles. The van der Waals surface area contributed by atoms with Gasteiger partial charge in [-0.15, -0.1) is 0 Å². The van der Waals surface area contributed by atoms with Crippen molar-refractivity contribution in [2.75, 3.05) is 19.6 Å². The first-order valence-corrected chi connectivity index (χ1v) is 7.02. The number of hydrogen-bond acceptors (Lipinski definition) is 2. The fourth-order valence-corrected chi connectivity index (χ4v) is 2.03. The maximum Gasteiger partial charge on any atom is 0.0192 e. The molecule has 1 N–H and O–H groups in total. The van der Waals surface area contributed by atoms with Gasteiger partial charge in [0.15, 0.2) is 0 Å². The molecule has 0 saturated carbocycles. The van der Waals surface area contributed by atoms with E-state index in [1.807, 2.05) is 0 Å². The van der Waals surface area contributed by atoms with Crippen LogP contribution in [-0.4, -0.2) is 36.6 Å². The molecule has 0 amide bonds. The van der Waals surface area contributed by atoms with E-state index in [2.05, 4.69) is 51.8 Å². The summed E-state index contributed by atoms with van der Waals surface area (Å²) in [6, 6.07) is 1.24. The van der Waals surface area contributed by atoms with E-state index in [1.165, 1.54) is 19.4 Å². The normalized spacial score (nSPS) is 14.1. The van der Waals surface area contributed by atoms with Crippen molar-refractivity contribution >= 4 is 0 Å². The molecule has 1 atom stereocenters. The van der Waals surface area contributed by atoms with Gasteiger partial charge in [-0.1, -0.05) is 47.5 Å². The number of nitrogens with one attached hydrogen (secondary N) is 1. The summed E-state index contributed by atoms with van der Waals surface area (Å²) in [6.45, 7) is 17.2. The molecule has 98 valence electrons. The van der Waals surface area contributed by atoms with E-state index < -0.39 is 0 Å². The summed E-state index contributed by atoms with van der Waals surface area (Å²) >= 11 is 0. The third kappa shape index (κ3) is 6.49. The topological polar surface area (TPSA) is 15.3 Å². The highest BCUT2D eigenvalue weighted by Crippen LogP contribution is 2.11. The predicted molar refractivity (Wildman–Crippen MR) is 73.9 cm³/mol. The molecule has 2 nitrogen and oxygen atoms in total. The van der Waals surface area contributed by atoms with E-state index in [0.717, 1.165) is 19.0 Å². The van der Waals surface area contributed by atoms with Crippen molar-refractivity contribution in [2.24, 2.45) is 5.92 Å². The van der Waals surface area contributed by atoms with E-state index in [0.29, 0.717) is 12.1 Å². The molecule has 0 aromatic carbocycles. The van der Waals surface area contributed by atoms with Crippen molar-refractivity contribution in [3.05, 3.63) is 0 Å². The molecule has 16 heavy (non-hydrogen) atoms. The molecule has 0 spiro atoms. The molecule has 0 radical (unpaired) electrons. The molecule has 0 bridgehead atoms. The van der Waals surface area contributed by atoms with Crippen LogP contribution in [0.15, 0.2) is 0 Å². The van der Waals surface area contributed by atoms with Crippen LogP contribution in [0, 0.1) is 5.92 Å². The minimum atomic E-state index is 0.592. The average Bonchev–Trinajstić information content (AvgIpc) is 2.27. The van der Waals surface area contributed by atoms with E-state index in [1.54, 1.807) is 0 Å². The van der Waals surface area contributed by atoms with Crippen molar-refractivity contribution < 1.29 is 0 Å². The molecule has 0 saturated heterocycles. The van der Waals surface area contributed by atoms with Gasteiger partial charge in [-0.2, -0.15) is 0 Å². The molecule has 0 rings (SSSR count). The lowest BCUT2D eigenvalue weighted by Crippen LogP contribution is -2.44. The summed E-state index contributed by atoms with van der Waals surface area (Å²) in [7, 11) is 0. The Morgan fingerprint density at radius 3 is 1.94 bits per heavy atom. The highest BCUT2D eigenvalue weighted by atomic mass is 15.2. The minimum Gasteiger partial charge on any atom is -0.313 e. The van der Waals surface area contributed by atoms with Gasteiger partial charge in [0.1, 0.15) is 0 Å². The van der Waals surface area contributed by atoms with Gasteiger partial charge in [-0.3, -0.25) is 4.90 Å². The third-order valence-corrected chi connectivity index (χ3v) is 3.50. The Hall–Kier alpha value is -0.0800. The Kier molecular flexibility index (Phi) is 8.96. The van der Waals surface area contributed by atoms with Crippen molar-refractivity contribution in [3.63, 3.8) is 0 Å². The smallest absolute Gasteiger partial charge is 0.0192 e. The number of hydrogen-bond donors (Lipinski definition) is 1. The van der Waals surface area contributed by atoms with Gasteiger partial charge in [0.25, 0.3) is 0 Å². The lowest BCUT2D eigenvalue weighted by molar-refractivity contribution is 0.175. The zero-order chi connectivity index (χ0) is 12.6. The van der Waals surface area contributed by atoms with Crippen LogP contribution in [0.3, 0.4) is 0 Å². The van der Waals surface area contributed by atoms with E-state index in [-0.39, 0.29) is 0 Å². The number of rotatable bonds is 9. The molecule has 0 aliphatic rings. The largest absolute Gasteiger partial charge is 0.313 e. The second-order valence-corrected chi connectivity index (χ2v) is 5.18. The number of nitrogens with zero attached hydrogens (tertiary/aromatic N) is 1. The monoisotopic (exact) mass is 228 g/mol. The molecule has 0 fully saturated rings. The SMILES string of the molecule is CCC(CC)CN(CC)C(C)CNC(C)C. The third-order valence-electron chi connectivity index (χ3n) is 3.50.